The molecule has 2 atom stereocenters. The van der Waals surface area contributed by atoms with Crippen LogP contribution >= 0.6 is 0 Å². The van der Waals surface area contributed by atoms with Gasteiger partial charge in [0.2, 0.25) is 5.91 Å². The molecule has 2 unspecified atom stereocenters. The topological polar surface area (TPSA) is 84.9 Å². The van der Waals surface area contributed by atoms with Crippen molar-refractivity contribution >= 4 is 18.0 Å². The molecule has 0 fully saturated rings. The highest BCUT2D eigenvalue weighted by Crippen LogP contribution is 2.29. The Balaban J connectivity index is 2.05. The van der Waals surface area contributed by atoms with Gasteiger partial charge in [-0.15, -0.1) is 0 Å². The van der Waals surface area contributed by atoms with Gasteiger partial charge in [0.05, 0.1) is 7.11 Å². The summed E-state index contributed by atoms with van der Waals surface area (Å²) in [6.07, 6.45) is 3.58. The standard InChI is InChI=1S/C24H29NO5/c1-5-16(2)23(24(27)28)25-22(26)13-11-18-10-12-20(21(14-18)29-4)30-15-19-9-7-6-8-17(19)3/h6-14,16,23H,5,15H2,1-4H3,(H,25,26)(H,27,28)/b13-11+. The van der Waals surface area contributed by atoms with E-state index in [1.54, 1.807) is 32.2 Å². The quantitative estimate of drug-likeness (QED) is 0.572. The van der Waals surface area contributed by atoms with Gasteiger partial charge in [-0.25, -0.2) is 4.79 Å². The molecule has 0 bridgehead atoms. The van der Waals surface area contributed by atoms with Gasteiger partial charge in [0.1, 0.15) is 12.6 Å². The number of carbonyl (C=O) groups is 2. The Labute approximate surface area is 177 Å². The average Bonchev–Trinajstić information content (AvgIpc) is 2.75. The van der Waals surface area contributed by atoms with Crippen LogP contribution in [0.3, 0.4) is 0 Å². The fourth-order valence-electron chi connectivity index (χ4n) is 2.89. The lowest BCUT2D eigenvalue weighted by Crippen LogP contribution is -2.44. The predicted molar refractivity (Wildman–Crippen MR) is 117 cm³/mol. The van der Waals surface area contributed by atoms with E-state index in [1.165, 1.54) is 6.08 Å². The van der Waals surface area contributed by atoms with Crippen LogP contribution < -0.4 is 14.8 Å². The number of amides is 1. The van der Waals surface area contributed by atoms with E-state index in [9.17, 15) is 14.7 Å². The summed E-state index contributed by atoms with van der Waals surface area (Å²) in [6, 6.07) is 12.4. The number of ether oxygens (including phenoxy) is 2. The van der Waals surface area contributed by atoms with Gasteiger partial charge in [-0.05, 0) is 47.7 Å². The minimum Gasteiger partial charge on any atom is -0.493 e. The van der Waals surface area contributed by atoms with Gasteiger partial charge >= 0.3 is 5.97 Å². The first-order chi connectivity index (χ1) is 14.3. The maximum atomic E-state index is 12.1. The van der Waals surface area contributed by atoms with Crippen LogP contribution in [0, 0.1) is 12.8 Å². The minimum absolute atomic E-state index is 0.162. The Morgan fingerprint density at radius 1 is 1.17 bits per heavy atom. The van der Waals surface area contributed by atoms with Crippen LogP contribution in [0.15, 0.2) is 48.5 Å². The molecule has 160 valence electrons. The van der Waals surface area contributed by atoms with Crippen molar-refractivity contribution in [1.82, 2.24) is 5.32 Å². The molecule has 2 rings (SSSR count). The molecule has 0 spiro atoms. The smallest absolute Gasteiger partial charge is 0.326 e. The second-order valence-electron chi connectivity index (χ2n) is 7.17. The van der Waals surface area contributed by atoms with Gasteiger partial charge in [0, 0.05) is 6.08 Å². The van der Waals surface area contributed by atoms with Crippen molar-refractivity contribution in [2.45, 2.75) is 39.8 Å². The molecule has 0 heterocycles. The zero-order valence-electron chi connectivity index (χ0n) is 17.8. The van der Waals surface area contributed by atoms with Gasteiger partial charge < -0.3 is 19.9 Å². The molecule has 2 N–H and O–H groups in total. The molecule has 1 amide bonds. The van der Waals surface area contributed by atoms with E-state index < -0.39 is 17.9 Å². The molecular formula is C24H29NO5. The van der Waals surface area contributed by atoms with Crippen LogP contribution in [0.1, 0.15) is 37.0 Å². The van der Waals surface area contributed by atoms with Crippen molar-refractivity contribution in [3.63, 3.8) is 0 Å². The maximum Gasteiger partial charge on any atom is 0.326 e. The van der Waals surface area contributed by atoms with Gasteiger partial charge in [0.15, 0.2) is 11.5 Å². The molecule has 0 aliphatic heterocycles. The molecule has 0 saturated carbocycles. The largest absolute Gasteiger partial charge is 0.493 e. The number of nitrogens with one attached hydrogen (secondary N) is 1. The molecule has 0 aliphatic carbocycles. The Hall–Kier alpha value is -3.28. The summed E-state index contributed by atoms with van der Waals surface area (Å²) in [5, 5.41) is 11.8. The number of methoxy groups -OCH3 is 1. The lowest BCUT2D eigenvalue weighted by Gasteiger charge is -2.19. The molecule has 0 aromatic heterocycles. The van der Waals surface area contributed by atoms with Crippen LogP contribution in [0.4, 0.5) is 0 Å². The third kappa shape index (κ3) is 6.37. The third-order valence-corrected chi connectivity index (χ3v) is 5.04. The van der Waals surface area contributed by atoms with E-state index in [-0.39, 0.29) is 5.92 Å². The van der Waals surface area contributed by atoms with Crippen LogP contribution in [0.2, 0.25) is 0 Å². The molecule has 0 radical (unpaired) electrons. The van der Waals surface area contributed by atoms with Gasteiger partial charge in [-0.2, -0.15) is 0 Å². The number of carboxylic acids is 1. The Bertz CT molecular complexity index is 906. The molecule has 2 aromatic rings. The van der Waals surface area contributed by atoms with Crippen LogP contribution in [0.5, 0.6) is 11.5 Å². The number of hydrogen-bond acceptors (Lipinski definition) is 4. The molecule has 6 nitrogen and oxygen atoms in total. The fourth-order valence-corrected chi connectivity index (χ4v) is 2.89. The molecule has 2 aromatic carbocycles. The molecule has 0 aliphatic rings. The van der Waals surface area contributed by atoms with E-state index in [2.05, 4.69) is 5.32 Å². The summed E-state index contributed by atoms with van der Waals surface area (Å²) >= 11 is 0. The number of benzene rings is 2. The van der Waals surface area contributed by atoms with Gasteiger partial charge in [-0.1, -0.05) is 50.6 Å². The Kier molecular flexibility index (Phi) is 8.47. The van der Waals surface area contributed by atoms with Crippen LogP contribution in [-0.2, 0) is 16.2 Å². The summed E-state index contributed by atoms with van der Waals surface area (Å²) in [7, 11) is 1.56. The van der Waals surface area contributed by atoms with Crippen LogP contribution in [0.25, 0.3) is 6.08 Å². The molecule has 6 heteroatoms. The van der Waals surface area contributed by atoms with Gasteiger partial charge in [0.25, 0.3) is 0 Å². The third-order valence-electron chi connectivity index (χ3n) is 5.04. The van der Waals surface area contributed by atoms with E-state index >= 15 is 0 Å². The first kappa shape index (κ1) is 23.0. The predicted octanol–water partition coefficient (Wildman–Crippen LogP) is 4.21. The second-order valence-corrected chi connectivity index (χ2v) is 7.17. The maximum absolute atomic E-state index is 12.1. The Morgan fingerprint density at radius 2 is 1.90 bits per heavy atom. The van der Waals surface area contributed by atoms with E-state index in [1.807, 2.05) is 44.2 Å². The number of carbonyl (C=O) groups excluding carboxylic acids is 1. The molecular weight excluding hydrogens is 382 g/mol. The summed E-state index contributed by atoms with van der Waals surface area (Å²) < 4.78 is 11.3. The van der Waals surface area contributed by atoms with E-state index in [4.69, 9.17) is 9.47 Å². The van der Waals surface area contributed by atoms with Crippen molar-refractivity contribution < 1.29 is 24.2 Å². The summed E-state index contributed by atoms with van der Waals surface area (Å²) in [6.45, 7) is 6.14. The highest BCUT2D eigenvalue weighted by Gasteiger charge is 2.24. The zero-order chi connectivity index (χ0) is 22.1. The fraction of sp³-hybridized carbons (Fsp3) is 0.333. The van der Waals surface area contributed by atoms with Crippen molar-refractivity contribution in [3.8, 4) is 11.5 Å². The second kappa shape index (κ2) is 11.0. The first-order valence-electron chi connectivity index (χ1n) is 9.92. The highest BCUT2D eigenvalue weighted by atomic mass is 16.5. The van der Waals surface area contributed by atoms with E-state index in [0.717, 1.165) is 16.7 Å². The number of carboxylic acid groups (broad SMARTS) is 1. The average molecular weight is 411 g/mol. The highest BCUT2D eigenvalue weighted by molar-refractivity contribution is 5.94. The number of aryl methyl sites for hydroxylation is 1. The number of aliphatic carboxylic acids is 1. The van der Waals surface area contributed by atoms with Crippen LogP contribution in [-0.4, -0.2) is 30.1 Å². The SMILES string of the molecule is CCC(C)C(NC(=O)/C=C/c1ccc(OCc2ccccc2C)c(OC)c1)C(=O)O. The molecule has 0 saturated heterocycles. The lowest BCUT2D eigenvalue weighted by atomic mass is 9.99. The zero-order valence-corrected chi connectivity index (χ0v) is 17.8. The monoisotopic (exact) mass is 411 g/mol. The summed E-state index contributed by atoms with van der Waals surface area (Å²) in [5.74, 6) is -0.506. The van der Waals surface area contributed by atoms with Crippen molar-refractivity contribution in [2.75, 3.05) is 7.11 Å². The Morgan fingerprint density at radius 3 is 2.53 bits per heavy atom. The molecule has 30 heavy (non-hydrogen) atoms. The summed E-state index contributed by atoms with van der Waals surface area (Å²) in [4.78, 5) is 23.5. The number of hydrogen-bond donors (Lipinski definition) is 2. The van der Waals surface area contributed by atoms with Crippen molar-refractivity contribution in [3.05, 3.63) is 65.2 Å². The lowest BCUT2D eigenvalue weighted by molar-refractivity contribution is -0.142. The first-order valence-corrected chi connectivity index (χ1v) is 9.92. The van der Waals surface area contributed by atoms with Crippen molar-refractivity contribution in [1.29, 1.82) is 0 Å². The van der Waals surface area contributed by atoms with E-state index in [0.29, 0.717) is 24.5 Å². The van der Waals surface area contributed by atoms with Gasteiger partial charge in [-0.3, -0.25) is 4.79 Å². The number of rotatable bonds is 10. The van der Waals surface area contributed by atoms with Crippen molar-refractivity contribution in [2.24, 2.45) is 5.92 Å². The minimum atomic E-state index is -1.04. The normalized spacial score (nSPS) is 12.9. The summed E-state index contributed by atoms with van der Waals surface area (Å²) in [5.41, 5.74) is 2.98.